The Balaban J connectivity index is 1.95. The van der Waals surface area contributed by atoms with E-state index in [0.717, 1.165) is 11.1 Å². The highest BCUT2D eigenvalue weighted by molar-refractivity contribution is 7.99. The molecule has 0 saturated carbocycles. The van der Waals surface area contributed by atoms with Crippen LogP contribution in [0.3, 0.4) is 0 Å². The molecule has 0 N–H and O–H groups in total. The molecule has 0 saturated heterocycles. The van der Waals surface area contributed by atoms with Gasteiger partial charge in [0.2, 0.25) is 0 Å². The normalized spacial score (nSPS) is 10.9. The maximum absolute atomic E-state index is 3.24. The summed E-state index contributed by atoms with van der Waals surface area (Å²) in [5, 5.41) is 0. The summed E-state index contributed by atoms with van der Waals surface area (Å²) in [7, 11) is -0.920. The molecule has 22 heavy (non-hydrogen) atoms. The van der Waals surface area contributed by atoms with Gasteiger partial charge in [0.15, 0.2) is 0 Å². The fourth-order valence-electron chi connectivity index (χ4n) is 1.98. The van der Waals surface area contributed by atoms with Crippen LogP contribution >= 0.6 is 11.8 Å². The van der Waals surface area contributed by atoms with Crippen molar-refractivity contribution in [2.75, 3.05) is 5.75 Å². The van der Waals surface area contributed by atoms with Gasteiger partial charge in [0.25, 0.3) is 0 Å². The number of aryl methyl sites for hydroxylation is 1. The highest BCUT2D eigenvalue weighted by Crippen LogP contribution is 2.22. The van der Waals surface area contributed by atoms with Gasteiger partial charge in [0.05, 0.1) is 0 Å². The Labute approximate surface area is 140 Å². The van der Waals surface area contributed by atoms with Gasteiger partial charge in [0.1, 0.15) is 0 Å². The van der Waals surface area contributed by atoms with Crippen molar-refractivity contribution in [3.05, 3.63) is 65.2 Å². The fourth-order valence-corrected chi connectivity index (χ4v) is 5.40. The predicted molar refractivity (Wildman–Crippen MR) is 102 cm³/mol. The first-order valence-electron chi connectivity index (χ1n) is 7.74. The molecule has 2 aromatic carbocycles. The molecule has 0 aliphatic rings. The van der Waals surface area contributed by atoms with Gasteiger partial charge in [-0.25, -0.2) is 0 Å². The van der Waals surface area contributed by atoms with Crippen molar-refractivity contribution in [2.45, 2.75) is 37.5 Å². The van der Waals surface area contributed by atoms with E-state index in [9.17, 15) is 0 Å². The monoisotopic (exact) mass is 324 g/mol. The molecule has 0 fully saturated rings. The largest absolute Gasteiger partial charge is 0.126 e. The van der Waals surface area contributed by atoms with Gasteiger partial charge in [-0.2, -0.15) is 0 Å². The van der Waals surface area contributed by atoms with Crippen LogP contribution in [-0.2, 0) is 0 Å². The Morgan fingerprint density at radius 1 is 0.909 bits per heavy atom. The summed E-state index contributed by atoms with van der Waals surface area (Å²) >= 11 is 1.96. The van der Waals surface area contributed by atoms with E-state index in [2.05, 4.69) is 86.9 Å². The summed E-state index contributed by atoms with van der Waals surface area (Å²) in [6.45, 7) is 9.38. The van der Waals surface area contributed by atoms with Crippen LogP contribution in [0, 0.1) is 18.8 Å². The molecule has 0 aliphatic heterocycles. The molecule has 2 aromatic rings. The quantitative estimate of drug-likeness (QED) is 0.387. The molecule has 0 bridgehead atoms. The van der Waals surface area contributed by atoms with Gasteiger partial charge in [-0.05, 0) is 60.7 Å². The minimum absolute atomic E-state index is 0.920. The second-order valence-corrected chi connectivity index (χ2v) is 13.6. The molecule has 0 spiro atoms. The van der Waals surface area contributed by atoms with Crippen LogP contribution in [0.5, 0.6) is 0 Å². The van der Waals surface area contributed by atoms with Crippen molar-refractivity contribution in [3.8, 4) is 11.8 Å². The van der Waals surface area contributed by atoms with Crippen LogP contribution in [-0.4, -0.2) is 13.8 Å². The zero-order chi connectivity index (χ0) is 16.0. The lowest BCUT2D eigenvalue weighted by atomic mass is 10.1. The highest BCUT2D eigenvalue weighted by Gasteiger charge is 2.11. The van der Waals surface area contributed by atoms with Gasteiger partial charge in [-0.3, -0.25) is 0 Å². The topological polar surface area (TPSA) is 0 Å². The maximum atomic E-state index is 3.24. The van der Waals surface area contributed by atoms with Gasteiger partial charge >= 0.3 is 0 Å². The van der Waals surface area contributed by atoms with Crippen LogP contribution in [0.2, 0.25) is 25.7 Å². The molecular formula is C20H24SSi. The first-order valence-corrected chi connectivity index (χ1v) is 12.4. The molecule has 0 unspecified atom stereocenters. The lowest BCUT2D eigenvalue weighted by molar-refractivity contribution is 1.35. The SMILES string of the molecule is Cc1cccc(C#Cc2ccc(SCC[Si](C)(C)C)cc2)c1. The number of benzene rings is 2. The zero-order valence-corrected chi connectivity index (χ0v) is 15.8. The van der Waals surface area contributed by atoms with Crippen molar-refractivity contribution >= 4 is 19.8 Å². The minimum atomic E-state index is -0.920. The number of hydrogen-bond acceptors (Lipinski definition) is 1. The van der Waals surface area contributed by atoms with E-state index in [1.807, 2.05) is 11.8 Å². The molecule has 0 nitrogen and oxygen atoms in total. The molecule has 0 aliphatic carbocycles. The first-order chi connectivity index (χ1) is 10.4. The van der Waals surface area contributed by atoms with Gasteiger partial charge in [0, 0.05) is 24.1 Å². The second kappa shape index (κ2) is 7.72. The standard InChI is InChI=1S/C20H24SSi/c1-17-6-5-7-19(16-17)9-8-18-10-12-20(13-11-18)21-14-15-22(2,3)4/h5-7,10-13,16H,14-15H2,1-4H3. The predicted octanol–water partition coefficient (Wildman–Crippen LogP) is 5.83. The third-order valence-corrected chi connectivity index (χ3v) is 6.47. The zero-order valence-electron chi connectivity index (χ0n) is 13.9. The number of hydrogen-bond donors (Lipinski definition) is 0. The van der Waals surface area contributed by atoms with Crippen molar-refractivity contribution in [1.82, 2.24) is 0 Å². The van der Waals surface area contributed by atoms with E-state index in [1.165, 1.54) is 22.3 Å². The Morgan fingerprint density at radius 2 is 1.59 bits per heavy atom. The number of thioether (sulfide) groups is 1. The van der Waals surface area contributed by atoms with Crippen molar-refractivity contribution < 1.29 is 0 Å². The smallest absolute Gasteiger partial charge is 0.0450 e. The minimum Gasteiger partial charge on any atom is -0.126 e. The molecule has 0 heterocycles. The van der Waals surface area contributed by atoms with E-state index in [0.29, 0.717) is 0 Å². The van der Waals surface area contributed by atoms with Gasteiger partial charge < -0.3 is 0 Å². The summed E-state index contributed by atoms with van der Waals surface area (Å²) in [6.07, 6.45) is 0. The van der Waals surface area contributed by atoms with Crippen LogP contribution < -0.4 is 0 Å². The molecule has 0 atom stereocenters. The fraction of sp³-hybridized carbons (Fsp3) is 0.300. The van der Waals surface area contributed by atoms with Crippen LogP contribution in [0.25, 0.3) is 0 Å². The van der Waals surface area contributed by atoms with Gasteiger partial charge in [-0.15, -0.1) is 11.8 Å². The first kappa shape index (κ1) is 16.9. The molecule has 0 radical (unpaired) electrons. The molecule has 2 rings (SSSR count). The lowest BCUT2D eigenvalue weighted by Gasteiger charge is -2.14. The molecule has 0 aromatic heterocycles. The van der Waals surface area contributed by atoms with Crippen molar-refractivity contribution in [2.24, 2.45) is 0 Å². The Hall–Kier alpha value is -1.43. The summed E-state index contributed by atoms with van der Waals surface area (Å²) < 4.78 is 0. The van der Waals surface area contributed by atoms with E-state index < -0.39 is 8.07 Å². The van der Waals surface area contributed by atoms with Crippen LogP contribution in [0.4, 0.5) is 0 Å². The van der Waals surface area contributed by atoms with E-state index >= 15 is 0 Å². The average molecular weight is 325 g/mol. The van der Waals surface area contributed by atoms with Crippen LogP contribution in [0.1, 0.15) is 16.7 Å². The summed E-state index contributed by atoms with van der Waals surface area (Å²) in [4.78, 5) is 1.35. The average Bonchev–Trinajstić information content (AvgIpc) is 2.45. The van der Waals surface area contributed by atoms with Crippen LogP contribution in [0.15, 0.2) is 53.4 Å². The Kier molecular flexibility index (Phi) is 5.94. The van der Waals surface area contributed by atoms with E-state index in [1.54, 1.807) is 0 Å². The summed E-state index contributed by atoms with van der Waals surface area (Å²) in [5.41, 5.74) is 3.41. The summed E-state index contributed by atoms with van der Waals surface area (Å²) in [6, 6.07) is 18.3. The third kappa shape index (κ3) is 6.13. The maximum Gasteiger partial charge on any atom is 0.0450 e. The highest BCUT2D eigenvalue weighted by atomic mass is 32.2. The van der Waals surface area contributed by atoms with E-state index in [4.69, 9.17) is 0 Å². The Morgan fingerprint density at radius 3 is 2.23 bits per heavy atom. The van der Waals surface area contributed by atoms with Crippen molar-refractivity contribution in [3.63, 3.8) is 0 Å². The molecule has 2 heteroatoms. The van der Waals surface area contributed by atoms with Crippen molar-refractivity contribution in [1.29, 1.82) is 0 Å². The second-order valence-electron chi connectivity index (χ2n) is 6.80. The third-order valence-electron chi connectivity index (χ3n) is 3.34. The lowest BCUT2D eigenvalue weighted by Crippen LogP contribution is -2.19. The van der Waals surface area contributed by atoms with E-state index in [-0.39, 0.29) is 0 Å². The molecule has 0 amide bonds. The number of rotatable bonds is 4. The molecule has 114 valence electrons. The summed E-state index contributed by atoms with van der Waals surface area (Å²) in [5.74, 6) is 7.70. The Bertz CT molecular complexity index is 669. The van der Waals surface area contributed by atoms with Gasteiger partial charge in [-0.1, -0.05) is 43.6 Å². The molecular weight excluding hydrogens is 300 g/mol.